The first kappa shape index (κ1) is 15.3. The summed E-state index contributed by atoms with van der Waals surface area (Å²) in [5.41, 5.74) is 1.09. The third-order valence-electron chi connectivity index (χ3n) is 3.96. The number of nitrogens with one attached hydrogen (secondary N) is 1. The molecule has 1 aliphatic rings. The van der Waals surface area contributed by atoms with Crippen LogP contribution in [0.5, 0.6) is 0 Å². The van der Waals surface area contributed by atoms with Crippen molar-refractivity contribution in [1.82, 2.24) is 5.32 Å². The highest BCUT2D eigenvalue weighted by Crippen LogP contribution is 2.29. The summed E-state index contributed by atoms with van der Waals surface area (Å²) in [6, 6.07) is 5.57. The maximum atomic E-state index is 14.1. The average molecular weight is 280 g/mol. The fourth-order valence-electron chi connectivity index (χ4n) is 2.55. The van der Waals surface area contributed by atoms with Crippen molar-refractivity contribution in [2.45, 2.75) is 51.8 Å². The van der Waals surface area contributed by atoms with Crippen molar-refractivity contribution in [1.29, 1.82) is 0 Å². The summed E-state index contributed by atoms with van der Waals surface area (Å²) in [5, 5.41) is 13.3. The van der Waals surface area contributed by atoms with Crippen LogP contribution in [0.3, 0.4) is 0 Å². The summed E-state index contributed by atoms with van der Waals surface area (Å²) in [7, 11) is 0. The molecule has 2 rings (SSSR count). The van der Waals surface area contributed by atoms with Crippen molar-refractivity contribution in [3.8, 4) is 0 Å². The molecule has 1 heterocycles. The van der Waals surface area contributed by atoms with Crippen LogP contribution in [0.4, 0.5) is 10.1 Å². The van der Waals surface area contributed by atoms with Gasteiger partial charge in [-0.3, -0.25) is 0 Å². The standard InChI is InChI=1S/C16H25FN2O/c1-12(2)18-11-13-14(17)5-4-6-15(13)19-9-7-16(3,20)8-10-19/h4-6,12,18,20H,7-11H2,1-3H3. The van der Waals surface area contributed by atoms with Crippen LogP contribution in [-0.4, -0.2) is 29.8 Å². The molecule has 2 N–H and O–H groups in total. The normalized spacial score (nSPS) is 18.6. The molecule has 1 saturated heterocycles. The zero-order valence-corrected chi connectivity index (χ0v) is 12.6. The topological polar surface area (TPSA) is 35.5 Å². The molecule has 3 nitrogen and oxygen atoms in total. The smallest absolute Gasteiger partial charge is 0.129 e. The lowest BCUT2D eigenvalue weighted by molar-refractivity contribution is 0.0351. The van der Waals surface area contributed by atoms with Crippen molar-refractivity contribution in [3.05, 3.63) is 29.6 Å². The summed E-state index contributed by atoms with van der Waals surface area (Å²) in [6.45, 7) is 8.05. The Hall–Kier alpha value is -1.13. The zero-order valence-electron chi connectivity index (χ0n) is 12.6. The minimum atomic E-state index is -0.583. The quantitative estimate of drug-likeness (QED) is 0.890. The third-order valence-corrected chi connectivity index (χ3v) is 3.96. The fraction of sp³-hybridized carbons (Fsp3) is 0.625. The van der Waals surface area contributed by atoms with E-state index in [1.54, 1.807) is 6.07 Å². The van der Waals surface area contributed by atoms with Crippen LogP contribution in [0.1, 0.15) is 39.2 Å². The fourth-order valence-corrected chi connectivity index (χ4v) is 2.55. The SMILES string of the molecule is CC(C)NCc1c(F)cccc1N1CCC(C)(O)CC1. The monoisotopic (exact) mass is 280 g/mol. The Morgan fingerprint density at radius 3 is 2.60 bits per heavy atom. The van der Waals surface area contributed by atoms with E-state index in [1.807, 2.05) is 13.0 Å². The minimum Gasteiger partial charge on any atom is -0.390 e. The molecule has 1 aromatic rings. The maximum Gasteiger partial charge on any atom is 0.129 e. The first-order valence-corrected chi connectivity index (χ1v) is 7.37. The van der Waals surface area contributed by atoms with Gasteiger partial charge in [-0.2, -0.15) is 0 Å². The van der Waals surface area contributed by atoms with Gasteiger partial charge in [0.2, 0.25) is 0 Å². The molecule has 0 aliphatic carbocycles. The van der Waals surface area contributed by atoms with E-state index in [-0.39, 0.29) is 5.82 Å². The van der Waals surface area contributed by atoms with Crippen LogP contribution in [0.2, 0.25) is 0 Å². The molecule has 20 heavy (non-hydrogen) atoms. The first-order chi connectivity index (χ1) is 9.39. The van der Waals surface area contributed by atoms with Gasteiger partial charge < -0.3 is 15.3 Å². The van der Waals surface area contributed by atoms with Gasteiger partial charge in [-0.15, -0.1) is 0 Å². The number of piperidine rings is 1. The highest BCUT2D eigenvalue weighted by atomic mass is 19.1. The van der Waals surface area contributed by atoms with Gasteiger partial charge in [-0.1, -0.05) is 19.9 Å². The number of benzene rings is 1. The Kier molecular flexibility index (Phi) is 4.66. The number of aliphatic hydroxyl groups is 1. The van der Waals surface area contributed by atoms with Crippen molar-refractivity contribution >= 4 is 5.69 Å². The number of halogens is 1. The van der Waals surface area contributed by atoms with Crippen molar-refractivity contribution < 1.29 is 9.50 Å². The van der Waals surface area contributed by atoms with E-state index in [1.165, 1.54) is 6.07 Å². The molecule has 0 aromatic heterocycles. The second-order valence-corrected chi connectivity index (χ2v) is 6.26. The molecule has 1 aliphatic heterocycles. The van der Waals surface area contributed by atoms with Gasteiger partial charge in [-0.25, -0.2) is 4.39 Å². The number of nitrogens with zero attached hydrogens (tertiary/aromatic N) is 1. The highest BCUT2D eigenvalue weighted by molar-refractivity contribution is 5.54. The maximum absolute atomic E-state index is 14.1. The van der Waals surface area contributed by atoms with E-state index in [0.29, 0.717) is 12.6 Å². The highest BCUT2D eigenvalue weighted by Gasteiger charge is 2.28. The largest absolute Gasteiger partial charge is 0.390 e. The predicted octanol–water partition coefficient (Wildman–Crippen LogP) is 2.67. The second kappa shape index (κ2) is 6.10. The molecule has 0 radical (unpaired) electrons. The number of hydrogen-bond donors (Lipinski definition) is 2. The van der Waals surface area contributed by atoms with Gasteiger partial charge in [0.15, 0.2) is 0 Å². The van der Waals surface area contributed by atoms with Crippen LogP contribution in [0.15, 0.2) is 18.2 Å². The summed E-state index contributed by atoms with van der Waals surface area (Å²) >= 11 is 0. The molecule has 1 aromatic carbocycles. The molecule has 1 fully saturated rings. The second-order valence-electron chi connectivity index (χ2n) is 6.26. The van der Waals surface area contributed by atoms with E-state index in [4.69, 9.17) is 0 Å². The molecule has 0 bridgehead atoms. The Labute approximate surface area is 120 Å². The molecule has 0 unspecified atom stereocenters. The van der Waals surface area contributed by atoms with E-state index >= 15 is 0 Å². The molecule has 0 amide bonds. The van der Waals surface area contributed by atoms with Crippen molar-refractivity contribution in [2.24, 2.45) is 0 Å². The number of rotatable bonds is 4. The van der Waals surface area contributed by atoms with Gasteiger partial charge in [0, 0.05) is 36.9 Å². The minimum absolute atomic E-state index is 0.159. The molecule has 112 valence electrons. The van der Waals surface area contributed by atoms with Crippen LogP contribution >= 0.6 is 0 Å². The molecular weight excluding hydrogens is 255 g/mol. The molecular formula is C16H25FN2O. The zero-order chi connectivity index (χ0) is 14.8. The lowest BCUT2D eigenvalue weighted by atomic mass is 9.93. The molecule has 4 heteroatoms. The van der Waals surface area contributed by atoms with E-state index < -0.39 is 5.60 Å². The number of hydrogen-bond acceptors (Lipinski definition) is 3. The Balaban J connectivity index is 2.17. The Bertz CT molecular complexity index is 450. The van der Waals surface area contributed by atoms with Crippen molar-refractivity contribution in [3.63, 3.8) is 0 Å². The summed E-state index contributed by atoms with van der Waals surface area (Å²) in [6.07, 6.45) is 1.45. The third kappa shape index (κ3) is 3.70. The lowest BCUT2D eigenvalue weighted by Gasteiger charge is -2.38. The summed E-state index contributed by atoms with van der Waals surface area (Å²) in [4.78, 5) is 2.18. The Morgan fingerprint density at radius 1 is 1.35 bits per heavy atom. The van der Waals surface area contributed by atoms with Gasteiger partial charge >= 0.3 is 0 Å². The van der Waals surface area contributed by atoms with Gasteiger partial charge in [0.25, 0.3) is 0 Å². The molecule has 0 atom stereocenters. The van der Waals surface area contributed by atoms with Crippen LogP contribution in [-0.2, 0) is 6.54 Å². The molecule has 0 spiro atoms. The van der Waals surface area contributed by atoms with Crippen LogP contribution < -0.4 is 10.2 Å². The van der Waals surface area contributed by atoms with Gasteiger partial charge in [0.1, 0.15) is 5.82 Å². The lowest BCUT2D eigenvalue weighted by Crippen LogP contribution is -2.43. The van der Waals surface area contributed by atoms with Gasteiger partial charge in [-0.05, 0) is 31.9 Å². The average Bonchev–Trinajstić information content (AvgIpc) is 2.37. The summed E-state index contributed by atoms with van der Waals surface area (Å²) in [5.74, 6) is -0.159. The number of anilines is 1. The van der Waals surface area contributed by atoms with E-state index in [9.17, 15) is 9.50 Å². The van der Waals surface area contributed by atoms with Crippen LogP contribution in [0.25, 0.3) is 0 Å². The van der Waals surface area contributed by atoms with E-state index in [0.717, 1.165) is 37.2 Å². The Morgan fingerprint density at radius 2 is 2.00 bits per heavy atom. The predicted molar refractivity (Wildman–Crippen MR) is 80.4 cm³/mol. The van der Waals surface area contributed by atoms with Crippen molar-refractivity contribution in [2.75, 3.05) is 18.0 Å². The molecule has 0 saturated carbocycles. The summed E-state index contributed by atoms with van der Waals surface area (Å²) < 4.78 is 14.1. The van der Waals surface area contributed by atoms with E-state index in [2.05, 4.69) is 24.1 Å². The van der Waals surface area contributed by atoms with Gasteiger partial charge in [0.05, 0.1) is 5.60 Å². The van der Waals surface area contributed by atoms with Crippen LogP contribution in [0, 0.1) is 5.82 Å². The first-order valence-electron chi connectivity index (χ1n) is 7.37.